The summed E-state index contributed by atoms with van der Waals surface area (Å²) in [6, 6.07) is 0. The summed E-state index contributed by atoms with van der Waals surface area (Å²) in [5, 5.41) is 8.79. The van der Waals surface area contributed by atoms with Gasteiger partial charge in [0.15, 0.2) is 5.84 Å². The van der Waals surface area contributed by atoms with Gasteiger partial charge in [0.05, 0.1) is 5.71 Å². The van der Waals surface area contributed by atoms with E-state index in [2.05, 4.69) is 110 Å². The minimum Gasteiger partial charge on any atom is -0.282 e. The zero-order valence-corrected chi connectivity index (χ0v) is 26.8. The van der Waals surface area contributed by atoms with E-state index in [4.69, 9.17) is 10.4 Å². The molecule has 1 aliphatic heterocycles. The molecular weight excluding hydrogens is 558 g/mol. The fourth-order valence-electron chi connectivity index (χ4n) is 6.14. The molecular formula is C43H45N3. The largest absolute Gasteiger partial charge is 0.282 e. The number of aliphatic imine (C=N–C) groups is 2. The molecule has 0 amide bonds. The van der Waals surface area contributed by atoms with E-state index in [9.17, 15) is 0 Å². The number of nitrogens with zero attached hydrogens (tertiary/aromatic N) is 2. The summed E-state index contributed by atoms with van der Waals surface area (Å²) in [6.45, 7) is 15.9. The fourth-order valence-corrected chi connectivity index (χ4v) is 6.14. The standard InChI is InChI=1S/C43H45N3/c1-5-6-10-31(2)32(3)14-15-33(4)43(44)46-42(27-18-34-16-19-37(20-17-34)41-13-9-28-45-30-41)38-24-21-36(22-25-38)40-26-23-35-11-7-8-12-39(35)29-40/h5-6,8-10,12,14-16,18-21,24-30,34-36,41,44H,1-4,7,11,13,17,22-23H2/b10-6-,15-14-,27-18+,44-43?,46-42?. The first-order valence-corrected chi connectivity index (χ1v) is 16.3. The Kier molecular flexibility index (Phi) is 11.2. The van der Waals surface area contributed by atoms with Crippen LogP contribution in [0.5, 0.6) is 0 Å². The number of nitrogens with one attached hydrogen (secondary N) is 1. The van der Waals surface area contributed by atoms with Crippen molar-refractivity contribution < 1.29 is 0 Å². The van der Waals surface area contributed by atoms with Crippen LogP contribution in [0.15, 0.2) is 191 Å². The highest BCUT2D eigenvalue weighted by Crippen LogP contribution is 2.36. The maximum absolute atomic E-state index is 8.79. The van der Waals surface area contributed by atoms with Crippen LogP contribution in [0.1, 0.15) is 38.5 Å². The molecule has 0 bridgehead atoms. The molecule has 0 saturated heterocycles. The number of allylic oxidation sites excluding steroid dienone is 23. The molecule has 0 spiro atoms. The second kappa shape index (κ2) is 15.9. The van der Waals surface area contributed by atoms with Crippen LogP contribution in [0.25, 0.3) is 0 Å². The molecule has 0 aromatic rings. The lowest BCUT2D eigenvalue weighted by molar-refractivity contribution is 0.556. The van der Waals surface area contributed by atoms with E-state index < -0.39 is 0 Å². The molecule has 232 valence electrons. The minimum atomic E-state index is 0.119. The molecule has 3 heteroatoms. The highest BCUT2D eigenvalue weighted by molar-refractivity contribution is 6.17. The smallest absolute Gasteiger partial charge is 0.151 e. The Labute approximate surface area is 275 Å². The molecule has 3 nitrogen and oxygen atoms in total. The molecule has 0 radical (unpaired) electrons. The van der Waals surface area contributed by atoms with Crippen LogP contribution in [0.4, 0.5) is 0 Å². The molecule has 4 atom stereocenters. The highest BCUT2D eigenvalue weighted by Gasteiger charge is 2.22. The third-order valence-corrected chi connectivity index (χ3v) is 9.07. The molecule has 0 fully saturated rings. The molecule has 5 rings (SSSR count). The van der Waals surface area contributed by atoms with Crippen molar-refractivity contribution in [3.8, 4) is 0 Å². The lowest BCUT2D eigenvalue weighted by Gasteiger charge is -2.27. The maximum Gasteiger partial charge on any atom is 0.151 e. The van der Waals surface area contributed by atoms with Crippen LogP contribution in [0, 0.1) is 29.1 Å². The van der Waals surface area contributed by atoms with Gasteiger partial charge < -0.3 is 0 Å². The number of fused-ring (bicyclic) bond motifs is 1. The van der Waals surface area contributed by atoms with Crippen molar-refractivity contribution in [3.05, 3.63) is 181 Å². The first-order chi connectivity index (χ1) is 22.4. The Balaban J connectivity index is 1.31. The van der Waals surface area contributed by atoms with Gasteiger partial charge >= 0.3 is 0 Å². The summed E-state index contributed by atoms with van der Waals surface area (Å²) < 4.78 is 0. The van der Waals surface area contributed by atoms with Crippen LogP contribution in [-0.2, 0) is 0 Å². The van der Waals surface area contributed by atoms with Gasteiger partial charge in [0.25, 0.3) is 0 Å². The van der Waals surface area contributed by atoms with E-state index in [-0.39, 0.29) is 11.8 Å². The Morgan fingerprint density at radius 3 is 2.37 bits per heavy atom. The van der Waals surface area contributed by atoms with Gasteiger partial charge in [-0.2, -0.15) is 0 Å². The highest BCUT2D eigenvalue weighted by atomic mass is 14.8. The monoisotopic (exact) mass is 603 g/mol. The van der Waals surface area contributed by atoms with E-state index in [1.165, 1.54) is 29.6 Å². The van der Waals surface area contributed by atoms with Gasteiger partial charge in [-0.25, -0.2) is 4.99 Å². The van der Waals surface area contributed by atoms with Gasteiger partial charge in [-0.3, -0.25) is 10.4 Å². The van der Waals surface area contributed by atoms with E-state index in [1.807, 2.05) is 30.6 Å². The van der Waals surface area contributed by atoms with Crippen molar-refractivity contribution in [2.24, 2.45) is 33.7 Å². The second-order valence-electron chi connectivity index (χ2n) is 12.3. The van der Waals surface area contributed by atoms with E-state index >= 15 is 0 Å². The van der Waals surface area contributed by atoms with Crippen molar-refractivity contribution in [1.29, 1.82) is 5.41 Å². The van der Waals surface area contributed by atoms with Crippen molar-refractivity contribution in [3.63, 3.8) is 0 Å². The number of hydrogen-bond donors (Lipinski definition) is 1. The SMILES string of the molecule is C=C/C=C\C(=C)C(=C)/C=C\C(=C)C(=N)N=C(/C=C/C1C=CC(C2C=NC=CC2)=CC1)C1=CCC(C2=CCC3CCC=CC3=C2)C=C1. The van der Waals surface area contributed by atoms with Gasteiger partial charge in [-0.15, -0.1) is 0 Å². The summed E-state index contributed by atoms with van der Waals surface area (Å²) in [5.41, 5.74) is 8.04. The molecule has 0 aromatic carbocycles. The molecule has 4 aliphatic carbocycles. The maximum atomic E-state index is 8.79. The third kappa shape index (κ3) is 8.63. The van der Waals surface area contributed by atoms with E-state index in [1.54, 1.807) is 12.2 Å². The summed E-state index contributed by atoms with van der Waals surface area (Å²) in [5.74, 6) is 1.77. The summed E-state index contributed by atoms with van der Waals surface area (Å²) >= 11 is 0. The lowest BCUT2D eigenvalue weighted by Crippen LogP contribution is -2.14. The van der Waals surface area contributed by atoms with Crippen LogP contribution in [0.2, 0.25) is 0 Å². The van der Waals surface area contributed by atoms with Gasteiger partial charge in [0.2, 0.25) is 0 Å². The van der Waals surface area contributed by atoms with Crippen LogP contribution in [0.3, 0.4) is 0 Å². The summed E-state index contributed by atoms with van der Waals surface area (Å²) in [6.07, 6.45) is 48.7. The van der Waals surface area contributed by atoms with Crippen LogP contribution in [-0.4, -0.2) is 17.8 Å². The van der Waals surface area contributed by atoms with Crippen molar-refractivity contribution in [2.75, 3.05) is 0 Å². The summed E-state index contributed by atoms with van der Waals surface area (Å²) in [4.78, 5) is 9.12. The predicted octanol–water partition coefficient (Wildman–Crippen LogP) is 10.8. The number of hydrogen-bond acceptors (Lipinski definition) is 2. The Morgan fingerprint density at radius 1 is 0.804 bits per heavy atom. The van der Waals surface area contributed by atoms with Crippen LogP contribution < -0.4 is 0 Å². The topological polar surface area (TPSA) is 48.6 Å². The second-order valence-corrected chi connectivity index (χ2v) is 12.3. The molecule has 46 heavy (non-hydrogen) atoms. The van der Waals surface area contributed by atoms with Crippen molar-refractivity contribution in [2.45, 2.75) is 38.5 Å². The average molecular weight is 604 g/mol. The van der Waals surface area contributed by atoms with Crippen molar-refractivity contribution >= 4 is 17.8 Å². The normalized spacial score (nSPS) is 25.7. The number of rotatable bonds is 11. The first-order valence-electron chi connectivity index (χ1n) is 16.3. The molecule has 5 aliphatic rings. The Bertz CT molecular complexity index is 1680. The predicted molar refractivity (Wildman–Crippen MR) is 199 cm³/mol. The molecule has 0 saturated carbocycles. The zero-order chi connectivity index (χ0) is 32.3. The lowest BCUT2D eigenvalue weighted by atomic mass is 9.78. The zero-order valence-electron chi connectivity index (χ0n) is 26.8. The van der Waals surface area contributed by atoms with Gasteiger partial charge in [-0.1, -0.05) is 130 Å². The fraction of sp³-hybridized carbons (Fsp3) is 0.233. The average Bonchev–Trinajstić information content (AvgIpc) is 3.11. The molecule has 0 aromatic heterocycles. The first kappa shape index (κ1) is 32.5. The van der Waals surface area contributed by atoms with Gasteiger partial charge in [-0.05, 0) is 89.9 Å². The Hall–Kier alpha value is -4.89. The van der Waals surface area contributed by atoms with E-state index in [0.29, 0.717) is 23.3 Å². The molecule has 4 unspecified atom stereocenters. The molecule has 1 N–H and O–H groups in total. The van der Waals surface area contributed by atoms with Crippen molar-refractivity contribution in [1.82, 2.24) is 0 Å². The van der Waals surface area contributed by atoms with Crippen LogP contribution >= 0.6 is 0 Å². The quantitative estimate of drug-likeness (QED) is 0.139. The third-order valence-electron chi connectivity index (χ3n) is 9.07. The van der Waals surface area contributed by atoms with Gasteiger partial charge in [0.1, 0.15) is 0 Å². The summed E-state index contributed by atoms with van der Waals surface area (Å²) in [7, 11) is 0. The van der Waals surface area contributed by atoms with Gasteiger partial charge in [0, 0.05) is 29.8 Å². The molecule has 1 heterocycles. The Morgan fingerprint density at radius 2 is 1.63 bits per heavy atom. The van der Waals surface area contributed by atoms with E-state index in [0.717, 1.165) is 48.1 Å². The minimum absolute atomic E-state index is 0.119. The number of amidine groups is 1.